The Morgan fingerprint density at radius 2 is 0.337 bits per heavy atom. The van der Waals surface area contributed by atoms with Gasteiger partial charge in [0.15, 0.2) is 0 Å². The zero-order valence-electron chi connectivity index (χ0n) is 58.8. The highest BCUT2D eigenvalue weighted by molar-refractivity contribution is 6.05. The molecule has 1 aliphatic rings. The maximum absolute atomic E-state index is 6.68. The largest absolute Gasteiger partial charge is 0.489 e. The summed E-state index contributed by atoms with van der Waals surface area (Å²) in [5, 5.41) is 19.7. The Labute approximate surface area is 609 Å². The topological polar surface area (TPSA) is 49.9 Å². The van der Waals surface area contributed by atoms with Crippen LogP contribution in [0.15, 0.2) is 315 Å². The van der Waals surface area contributed by atoms with Crippen molar-refractivity contribution in [2.24, 2.45) is 0 Å². The molecule has 0 amide bonds. The zero-order valence-corrected chi connectivity index (χ0v) is 58.8. The van der Waals surface area contributed by atoms with E-state index in [1.54, 1.807) is 0 Å². The van der Waals surface area contributed by atoms with Crippen LogP contribution < -0.4 is 18.9 Å². The van der Waals surface area contributed by atoms with E-state index in [0.29, 0.717) is 26.4 Å². The number of rotatable bonds is 20. The Morgan fingerprint density at radius 3 is 0.500 bits per heavy atom. The number of fused-ring (bicyclic) bond motifs is 8. The monoisotopic (exact) mass is 1360 g/mol. The van der Waals surface area contributed by atoms with Crippen molar-refractivity contribution < 1.29 is 18.9 Å². The number of hydrogen-bond donors (Lipinski definition) is 0. The first-order valence-corrected chi connectivity index (χ1v) is 36.8. The minimum absolute atomic E-state index is 0.486. The number of nitrogens with zero attached hydrogens (tertiary/aromatic N) is 4. The van der Waals surface area contributed by atoms with Crippen LogP contribution in [-0.4, -0.2) is 72.0 Å². The predicted octanol–water partition coefficient (Wildman–Crippen LogP) is 21.6. The molecule has 1 saturated heterocycles. The van der Waals surface area contributed by atoms with Gasteiger partial charge < -0.3 is 18.9 Å². The lowest BCUT2D eigenvalue weighted by Gasteiger charge is -2.34. The fourth-order valence-electron chi connectivity index (χ4n) is 15.7. The van der Waals surface area contributed by atoms with E-state index in [1.807, 2.05) is 0 Å². The van der Waals surface area contributed by atoms with E-state index in [4.69, 9.17) is 18.9 Å². The van der Waals surface area contributed by atoms with Crippen LogP contribution in [0.25, 0.3) is 86.2 Å². The van der Waals surface area contributed by atoms with Crippen molar-refractivity contribution in [3.63, 3.8) is 0 Å². The third-order valence-electron chi connectivity index (χ3n) is 21.3. The first kappa shape index (κ1) is 65.9. The predicted molar refractivity (Wildman–Crippen MR) is 430 cm³/mol. The van der Waals surface area contributed by atoms with Crippen molar-refractivity contribution in [3.05, 3.63) is 360 Å². The van der Waals surface area contributed by atoms with Crippen LogP contribution >= 0.6 is 0 Å². The average molecular weight is 1360 g/mol. The highest BCUT2D eigenvalue weighted by atomic mass is 16.5. The van der Waals surface area contributed by atoms with Crippen LogP contribution in [0.3, 0.4) is 0 Å². The summed E-state index contributed by atoms with van der Waals surface area (Å²) < 4.78 is 26.7. The van der Waals surface area contributed by atoms with Gasteiger partial charge in [0, 0.05) is 101 Å². The fourth-order valence-corrected chi connectivity index (χ4v) is 15.7. The summed E-state index contributed by atoms with van der Waals surface area (Å²) >= 11 is 0. The van der Waals surface area contributed by atoms with Crippen molar-refractivity contribution >= 4 is 86.2 Å². The van der Waals surface area contributed by atoms with Crippen molar-refractivity contribution in [2.45, 2.75) is 52.6 Å². The maximum Gasteiger partial charge on any atom is 0.119 e. The van der Waals surface area contributed by atoms with E-state index in [9.17, 15) is 0 Å². The molecule has 0 unspecified atom stereocenters. The highest BCUT2D eigenvalue weighted by Crippen LogP contribution is 2.35. The van der Waals surface area contributed by atoms with E-state index >= 15 is 0 Å². The van der Waals surface area contributed by atoms with Crippen molar-refractivity contribution in [1.29, 1.82) is 0 Å². The summed E-state index contributed by atoms with van der Waals surface area (Å²) in [6.45, 7) is 12.4. The molecule has 8 heteroatoms. The summed E-state index contributed by atoms with van der Waals surface area (Å²) in [6, 6.07) is 114. The molecule has 1 heterocycles. The van der Waals surface area contributed by atoms with Crippen molar-refractivity contribution in [2.75, 3.05) is 52.4 Å². The van der Waals surface area contributed by atoms with E-state index in [0.717, 1.165) is 102 Å². The zero-order chi connectivity index (χ0) is 69.4. The van der Waals surface area contributed by atoms with Crippen LogP contribution in [0.1, 0.15) is 44.5 Å². The first-order chi connectivity index (χ1) is 51.5. The fraction of sp³-hybridized carbons (Fsp3) is 0.167. The summed E-state index contributed by atoms with van der Waals surface area (Å²) in [5.41, 5.74) is 9.92. The Balaban J connectivity index is 0.633. The van der Waals surface area contributed by atoms with E-state index < -0.39 is 0 Å². The molecule has 0 spiro atoms. The highest BCUT2D eigenvalue weighted by Gasteiger charge is 2.21. The molecule has 0 N–H and O–H groups in total. The molecular weight excluding hydrogens is 1270 g/mol. The maximum atomic E-state index is 6.68. The van der Waals surface area contributed by atoms with Crippen LogP contribution in [0.5, 0.6) is 23.0 Å². The van der Waals surface area contributed by atoms with Crippen LogP contribution in [0, 0.1) is 0 Å². The molecule has 0 saturated carbocycles. The first-order valence-electron chi connectivity index (χ1n) is 36.8. The van der Waals surface area contributed by atoms with Crippen LogP contribution in [0.2, 0.25) is 0 Å². The molecule has 0 radical (unpaired) electrons. The number of hydrogen-bond acceptors (Lipinski definition) is 8. The van der Waals surface area contributed by atoms with Crippen molar-refractivity contribution in [3.8, 4) is 23.0 Å². The molecule has 8 nitrogen and oxygen atoms in total. The van der Waals surface area contributed by atoms with Gasteiger partial charge in [0.25, 0.3) is 0 Å². The van der Waals surface area contributed by atoms with Crippen LogP contribution in [0.4, 0.5) is 0 Å². The van der Waals surface area contributed by atoms with Gasteiger partial charge in [-0.25, -0.2) is 0 Å². The molecule has 17 rings (SSSR count). The summed E-state index contributed by atoms with van der Waals surface area (Å²) in [6.07, 6.45) is 0. The second-order valence-corrected chi connectivity index (χ2v) is 28.0. The van der Waals surface area contributed by atoms with Gasteiger partial charge in [-0.1, -0.05) is 243 Å². The molecule has 1 fully saturated rings. The average Bonchev–Trinajstić information content (AvgIpc) is 0.795. The standard InChI is InChI=1S/C96H84N4O4/c1-9-25-85-73(17-1)57-74-18-2-10-26-86(74)93(85)65-101-81-41-33-69(34-42-81)61-97-49-51-98(62-70-35-43-82(44-36-70)102-66-94-87-27-11-3-19-75(87)58-76-20-4-12-28-88(76)94)53-55-100(64-72-39-47-84(48-40-72)104-68-96-91-31-15-7-23-79(91)60-80-24-8-16-32-92(80)96)56-54-99(52-50-97)63-71-37-45-83(46-38-71)103-67-95-89-29-13-5-21-77(89)59-78-22-6-14-30-90(78)95/h1-48,57-60H,49-56,61-68H2. The lowest BCUT2D eigenvalue weighted by Crippen LogP contribution is -2.45. The Hall–Kier alpha value is -11.4. The Bertz CT molecular complexity index is 4750. The van der Waals surface area contributed by atoms with Crippen LogP contribution in [-0.2, 0) is 52.6 Å². The third-order valence-corrected chi connectivity index (χ3v) is 21.3. The molecule has 104 heavy (non-hydrogen) atoms. The lowest BCUT2D eigenvalue weighted by atomic mass is 9.97. The van der Waals surface area contributed by atoms with E-state index in [-0.39, 0.29) is 0 Å². The summed E-state index contributed by atoms with van der Waals surface area (Å²) in [4.78, 5) is 10.7. The van der Waals surface area contributed by atoms with Gasteiger partial charge in [0.2, 0.25) is 0 Å². The van der Waals surface area contributed by atoms with Gasteiger partial charge >= 0.3 is 0 Å². The summed E-state index contributed by atoms with van der Waals surface area (Å²) in [7, 11) is 0. The second kappa shape index (κ2) is 30.7. The lowest BCUT2D eigenvalue weighted by molar-refractivity contribution is 0.122. The molecular formula is C96H84N4O4. The van der Waals surface area contributed by atoms with E-state index in [2.05, 4.69) is 335 Å². The van der Waals surface area contributed by atoms with Gasteiger partial charge in [-0.15, -0.1) is 0 Å². The summed E-state index contributed by atoms with van der Waals surface area (Å²) in [5.74, 6) is 3.48. The van der Waals surface area contributed by atoms with Gasteiger partial charge in [0.1, 0.15) is 49.4 Å². The molecule has 0 aliphatic carbocycles. The number of benzene rings is 16. The SMILES string of the molecule is c1ccc2c(COc3ccc(CN4CCN(Cc5ccc(OCc6c7ccccc7cc7ccccc67)cc5)CCN(Cc5ccc(OCc6c7ccccc7cc7ccccc67)cc5)CCN(Cc5ccc(OCc6c7ccccc7cc7ccccc67)cc5)CC4)cc3)c3ccccc3cc2c1. The molecule has 0 atom stereocenters. The molecule has 1 aliphatic heterocycles. The van der Waals surface area contributed by atoms with Gasteiger partial charge in [0.05, 0.1) is 0 Å². The smallest absolute Gasteiger partial charge is 0.119 e. The minimum Gasteiger partial charge on any atom is -0.489 e. The molecule has 0 aromatic heterocycles. The van der Waals surface area contributed by atoms with Gasteiger partial charge in [-0.2, -0.15) is 0 Å². The third kappa shape index (κ3) is 15.0. The molecule has 16 aromatic carbocycles. The minimum atomic E-state index is 0.486. The number of ether oxygens (including phenoxy) is 4. The second-order valence-electron chi connectivity index (χ2n) is 28.0. The van der Waals surface area contributed by atoms with Gasteiger partial charge in [-0.05, 0) is 181 Å². The molecule has 0 bridgehead atoms. The Kier molecular flexibility index (Phi) is 19.4. The Morgan fingerprint density at radius 1 is 0.183 bits per heavy atom. The van der Waals surface area contributed by atoms with E-state index in [1.165, 1.54) is 131 Å². The van der Waals surface area contributed by atoms with Crippen molar-refractivity contribution in [1.82, 2.24) is 19.6 Å². The van der Waals surface area contributed by atoms with Gasteiger partial charge in [-0.3, -0.25) is 19.6 Å². The normalized spacial score (nSPS) is 14.0. The quantitative estimate of drug-likeness (QED) is 0.0700. The molecule has 512 valence electrons. The molecule has 16 aromatic rings.